The molecule has 1 heterocycles. The summed E-state index contributed by atoms with van der Waals surface area (Å²) < 4.78 is 6.34. The van der Waals surface area contributed by atoms with Gasteiger partial charge in [0, 0.05) is 18.3 Å². The van der Waals surface area contributed by atoms with E-state index in [-0.39, 0.29) is 36.3 Å². The Kier molecular flexibility index (Phi) is 6.86. The second kappa shape index (κ2) is 9.75. The van der Waals surface area contributed by atoms with Crippen LogP contribution in [-0.4, -0.2) is 34.2 Å². The van der Waals surface area contributed by atoms with Gasteiger partial charge in [0.15, 0.2) is 0 Å². The molecule has 0 unspecified atom stereocenters. The molecule has 0 radical (unpaired) electrons. The monoisotopic (exact) mass is 424 g/mol. The van der Waals surface area contributed by atoms with E-state index in [4.69, 9.17) is 4.74 Å². The van der Waals surface area contributed by atoms with E-state index in [1.165, 1.54) is 6.07 Å². The fraction of sp³-hybridized carbons (Fsp3) is 0.273. The number of esters is 1. The lowest BCUT2D eigenvalue weighted by atomic mass is 10.2. The Bertz CT molecular complexity index is 1210. The molecule has 3 N–H and O–H groups in total. The molecule has 0 bridgehead atoms. The molecule has 9 heteroatoms. The van der Waals surface area contributed by atoms with Gasteiger partial charge in [-0.25, -0.2) is 14.4 Å². The number of aromatic amines is 1. The minimum atomic E-state index is -0.562. The van der Waals surface area contributed by atoms with Gasteiger partial charge in [-0.15, -0.1) is 0 Å². The van der Waals surface area contributed by atoms with Gasteiger partial charge in [-0.1, -0.05) is 18.2 Å². The molecule has 3 rings (SSSR count). The molecule has 162 valence electrons. The van der Waals surface area contributed by atoms with Crippen molar-refractivity contribution >= 4 is 28.6 Å². The molecule has 31 heavy (non-hydrogen) atoms. The number of H-pyrrole nitrogens is 1. The second-order valence-electron chi connectivity index (χ2n) is 7.26. The molecule has 2 amide bonds. The molecular weight excluding hydrogens is 400 g/mol. The molecule has 3 aromatic rings. The summed E-state index contributed by atoms with van der Waals surface area (Å²) >= 11 is 0. The number of hydrogen-bond donors (Lipinski definition) is 3. The van der Waals surface area contributed by atoms with Gasteiger partial charge >= 0.3 is 17.7 Å². The van der Waals surface area contributed by atoms with E-state index >= 15 is 0 Å². The SMILES string of the molecule is CC(C)NC(=O)Nc1cccc(C(=O)OCCCn2c(=O)[nH]c3ccccc3c2=O)c1. The third kappa shape index (κ3) is 5.59. The Morgan fingerprint density at radius 3 is 2.65 bits per heavy atom. The van der Waals surface area contributed by atoms with Crippen LogP contribution in [0.3, 0.4) is 0 Å². The van der Waals surface area contributed by atoms with Crippen molar-refractivity contribution in [2.24, 2.45) is 0 Å². The quantitative estimate of drug-likeness (QED) is 0.397. The Hall–Kier alpha value is -3.88. The number of rotatable bonds is 7. The highest BCUT2D eigenvalue weighted by Gasteiger charge is 2.11. The van der Waals surface area contributed by atoms with Gasteiger partial charge in [-0.05, 0) is 50.6 Å². The third-order valence-electron chi connectivity index (χ3n) is 4.42. The molecule has 2 aromatic carbocycles. The van der Waals surface area contributed by atoms with Crippen molar-refractivity contribution in [3.05, 3.63) is 74.9 Å². The first-order valence-electron chi connectivity index (χ1n) is 9.91. The average Bonchev–Trinajstić information content (AvgIpc) is 2.72. The van der Waals surface area contributed by atoms with Crippen LogP contribution in [-0.2, 0) is 11.3 Å². The van der Waals surface area contributed by atoms with Crippen molar-refractivity contribution in [2.75, 3.05) is 11.9 Å². The molecule has 0 saturated heterocycles. The Morgan fingerprint density at radius 2 is 1.87 bits per heavy atom. The van der Waals surface area contributed by atoms with Crippen molar-refractivity contribution in [3.8, 4) is 0 Å². The van der Waals surface area contributed by atoms with Crippen LogP contribution in [0.15, 0.2) is 58.1 Å². The maximum Gasteiger partial charge on any atom is 0.338 e. The van der Waals surface area contributed by atoms with Gasteiger partial charge in [0.2, 0.25) is 0 Å². The summed E-state index contributed by atoms with van der Waals surface area (Å²) in [4.78, 5) is 51.4. The minimum absolute atomic E-state index is 0.0181. The van der Waals surface area contributed by atoms with Crippen LogP contribution in [0.2, 0.25) is 0 Å². The van der Waals surface area contributed by atoms with Gasteiger partial charge in [0.05, 0.1) is 23.1 Å². The number of urea groups is 1. The minimum Gasteiger partial charge on any atom is -0.462 e. The van der Waals surface area contributed by atoms with E-state index in [1.54, 1.807) is 42.5 Å². The number of fused-ring (bicyclic) bond motifs is 1. The molecule has 0 aliphatic heterocycles. The maximum atomic E-state index is 12.5. The third-order valence-corrected chi connectivity index (χ3v) is 4.42. The number of anilines is 1. The van der Waals surface area contributed by atoms with Crippen molar-refractivity contribution in [1.82, 2.24) is 14.9 Å². The van der Waals surface area contributed by atoms with Crippen molar-refractivity contribution in [1.29, 1.82) is 0 Å². The lowest BCUT2D eigenvalue weighted by Gasteiger charge is -2.11. The lowest BCUT2D eigenvalue weighted by Crippen LogP contribution is -2.35. The summed E-state index contributed by atoms with van der Waals surface area (Å²) in [5.41, 5.74) is 0.332. The van der Waals surface area contributed by atoms with Gasteiger partial charge < -0.3 is 20.4 Å². The fourth-order valence-corrected chi connectivity index (χ4v) is 3.03. The van der Waals surface area contributed by atoms with Gasteiger partial charge in [-0.2, -0.15) is 0 Å². The van der Waals surface area contributed by atoms with E-state index < -0.39 is 11.7 Å². The summed E-state index contributed by atoms with van der Waals surface area (Å²) in [6, 6.07) is 12.8. The Morgan fingerprint density at radius 1 is 1.10 bits per heavy atom. The van der Waals surface area contributed by atoms with E-state index in [1.807, 2.05) is 13.8 Å². The van der Waals surface area contributed by atoms with Crippen molar-refractivity contribution in [2.45, 2.75) is 32.9 Å². The zero-order chi connectivity index (χ0) is 22.4. The first-order valence-corrected chi connectivity index (χ1v) is 9.91. The smallest absolute Gasteiger partial charge is 0.338 e. The number of carbonyl (C=O) groups is 2. The van der Waals surface area contributed by atoms with Crippen LogP contribution >= 0.6 is 0 Å². The second-order valence-corrected chi connectivity index (χ2v) is 7.26. The van der Waals surface area contributed by atoms with Crippen molar-refractivity contribution < 1.29 is 14.3 Å². The Labute approximate surface area is 178 Å². The largest absolute Gasteiger partial charge is 0.462 e. The van der Waals surface area contributed by atoms with Crippen LogP contribution in [0, 0.1) is 0 Å². The van der Waals surface area contributed by atoms with E-state index in [0.29, 0.717) is 23.0 Å². The van der Waals surface area contributed by atoms with Crippen LogP contribution in [0.1, 0.15) is 30.6 Å². The molecule has 0 aliphatic carbocycles. The first kappa shape index (κ1) is 21.8. The average molecular weight is 424 g/mol. The highest BCUT2D eigenvalue weighted by molar-refractivity contribution is 5.94. The number of nitrogens with zero attached hydrogens (tertiary/aromatic N) is 1. The fourth-order valence-electron chi connectivity index (χ4n) is 3.03. The van der Waals surface area contributed by atoms with Gasteiger partial charge in [0.25, 0.3) is 5.56 Å². The normalized spacial score (nSPS) is 10.8. The number of hydrogen-bond acceptors (Lipinski definition) is 5. The molecule has 0 fully saturated rings. The summed E-state index contributed by atoms with van der Waals surface area (Å²) in [6.07, 6.45) is 0.293. The number of para-hydroxylation sites is 1. The van der Waals surface area contributed by atoms with Crippen LogP contribution in [0.25, 0.3) is 10.9 Å². The number of benzene rings is 2. The predicted octanol–water partition coefficient (Wildman–Crippen LogP) is 2.47. The van der Waals surface area contributed by atoms with E-state index in [2.05, 4.69) is 15.6 Å². The molecular formula is C22H24N4O5. The topological polar surface area (TPSA) is 122 Å². The highest BCUT2D eigenvalue weighted by Crippen LogP contribution is 2.12. The summed E-state index contributed by atoms with van der Waals surface area (Å²) in [5.74, 6) is -0.562. The summed E-state index contributed by atoms with van der Waals surface area (Å²) in [7, 11) is 0. The molecule has 1 aromatic heterocycles. The summed E-state index contributed by atoms with van der Waals surface area (Å²) in [6.45, 7) is 3.83. The van der Waals surface area contributed by atoms with Gasteiger partial charge in [-0.3, -0.25) is 9.36 Å². The van der Waals surface area contributed by atoms with Crippen molar-refractivity contribution in [3.63, 3.8) is 0 Å². The molecule has 0 aliphatic rings. The number of amides is 2. The van der Waals surface area contributed by atoms with Crippen LogP contribution < -0.4 is 21.9 Å². The number of nitrogens with one attached hydrogen (secondary N) is 3. The molecule has 0 atom stereocenters. The molecule has 0 spiro atoms. The molecule has 9 nitrogen and oxygen atoms in total. The van der Waals surface area contributed by atoms with Crippen LogP contribution in [0.4, 0.5) is 10.5 Å². The number of carbonyl (C=O) groups excluding carboxylic acids is 2. The standard InChI is InChI=1S/C22H24N4O5/c1-14(2)23-21(29)24-16-8-5-7-15(13-16)20(28)31-12-6-11-26-19(27)17-9-3-4-10-18(17)25-22(26)30/h3-5,7-10,13-14H,6,11-12H2,1-2H3,(H,25,30)(H2,23,24,29). The van der Waals surface area contributed by atoms with E-state index in [9.17, 15) is 19.2 Å². The highest BCUT2D eigenvalue weighted by atomic mass is 16.5. The zero-order valence-electron chi connectivity index (χ0n) is 17.3. The lowest BCUT2D eigenvalue weighted by molar-refractivity contribution is 0.0495. The predicted molar refractivity (Wildman–Crippen MR) is 117 cm³/mol. The first-order chi connectivity index (χ1) is 14.8. The van der Waals surface area contributed by atoms with E-state index in [0.717, 1.165) is 4.57 Å². The maximum absolute atomic E-state index is 12.5. The number of aromatic nitrogens is 2. The zero-order valence-corrected chi connectivity index (χ0v) is 17.3. The Balaban J connectivity index is 1.57. The van der Waals surface area contributed by atoms with Gasteiger partial charge in [0.1, 0.15) is 0 Å². The number of ether oxygens (including phenoxy) is 1. The summed E-state index contributed by atoms with van der Waals surface area (Å²) in [5, 5.41) is 5.77. The van der Waals surface area contributed by atoms with Crippen LogP contribution in [0.5, 0.6) is 0 Å². The molecule has 0 saturated carbocycles.